The third-order valence-electron chi connectivity index (χ3n) is 3.23. The van der Waals surface area contributed by atoms with Crippen LogP contribution in [-0.4, -0.2) is 59.4 Å². The van der Waals surface area contributed by atoms with Crippen LogP contribution in [0.1, 0.15) is 26.7 Å². The molecular weight excluding hydrogens is 278 g/mol. The van der Waals surface area contributed by atoms with E-state index in [4.69, 9.17) is 5.11 Å². The fraction of sp³-hybridized carbons (Fsp3) is 0.692. The van der Waals surface area contributed by atoms with Gasteiger partial charge in [0.05, 0.1) is 6.54 Å². The van der Waals surface area contributed by atoms with E-state index in [-0.39, 0.29) is 24.3 Å². The van der Waals surface area contributed by atoms with Crippen molar-refractivity contribution < 1.29 is 24.3 Å². The maximum Gasteiger partial charge on any atom is 0.322 e. The van der Waals surface area contributed by atoms with Crippen molar-refractivity contribution in [3.05, 3.63) is 0 Å². The summed E-state index contributed by atoms with van der Waals surface area (Å²) in [6.45, 7) is 3.25. The zero-order valence-corrected chi connectivity index (χ0v) is 12.2. The lowest BCUT2D eigenvalue weighted by atomic mass is 10.2. The van der Waals surface area contributed by atoms with E-state index >= 15 is 0 Å². The van der Waals surface area contributed by atoms with E-state index in [0.717, 1.165) is 0 Å². The number of amides is 3. The molecular formula is C13H21N3O5. The molecule has 1 rings (SSSR count). The van der Waals surface area contributed by atoms with E-state index in [0.29, 0.717) is 19.4 Å². The van der Waals surface area contributed by atoms with Gasteiger partial charge >= 0.3 is 5.97 Å². The van der Waals surface area contributed by atoms with Crippen LogP contribution in [0.2, 0.25) is 0 Å². The quantitative estimate of drug-likeness (QED) is 0.579. The molecule has 0 aliphatic carbocycles. The number of carboxylic acids is 1. The summed E-state index contributed by atoms with van der Waals surface area (Å²) >= 11 is 0. The van der Waals surface area contributed by atoms with Gasteiger partial charge in [-0.05, 0) is 12.8 Å². The number of hydrogen-bond acceptors (Lipinski definition) is 4. The van der Waals surface area contributed by atoms with E-state index in [9.17, 15) is 19.2 Å². The van der Waals surface area contributed by atoms with E-state index in [1.165, 1.54) is 4.90 Å². The molecule has 0 radical (unpaired) electrons. The summed E-state index contributed by atoms with van der Waals surface area (Å²) in [5.74, 6) is -2.39. The Kier molecular flexibility index (Phi) is 6.13. The summed E-state index contributed by atoms with van der Waals surface area (Å²) < 4.78 is 0. The zero-order chi connectivity index (χ0) is 16.0. The van der Waals surface area contributed by atoms with E-state index < -0.39 is 24.5 Å². The molecule has 1 heterocycles. The largest absolute Gasteiger partial charge is 0.480 e. The molecule has 21 heavy (non-hydrogen) atoms. The summed E-state index contributed by atoms with van der Waals surface area (Å²) in [5.41, 5.74) is 0. The van der Waals surface area contributed by atoms with Crippen molar-refractivity contribution in [2.75, 3.05) is 19.6 Å². The van der Waals surface area contributed by atoms with Gasteiger partial charge in [0.15, 0.2) is 0 Å². The van der Waals surface area contributed by atoms with Crippen molar-refractivity contribution in [2.45, 2.75) is 32.7 Å². The van der Waals surface area contributed by atoms with Crippen LogP contribution in [0.4, 0.5) is 0 Å². The van der Waals surface area contributed by atoms with Gasteiger partial charge in [-0.25, -0.2) is 0 Å². The first-order valence-electron chi connectivity index (χ1n) is 6.89. The lowest BCUT2D eigenvalue weighted by Crippen LogP contribution is -2.49. The molecule has 0 bridgehead atoms. The maximum absolute atomic E-state index is 12.0. The van der Waals surface area contributed by atoms with Gasteiger partial charge < -0.3 is 20.6 Å². The Morgan fingerprint density at radius 1 is 1.19 bits per heavy atom. The molecule has 1 unspecified atom stereocenters. The van der Waals surface area contributed by atoms with Gasteiger partial charge in [-0.2, -0.15) is 0 Å². The van der Waals surface area contributed by atoms with E-state index in [1.54, 1.807) is 13.8 Å². The second kappa shape index (κ2) is 7.61. The number of rotatable bonds is 6. The molecule has 8 nitrogen and oxygen atoms in total. The van der Waals surface area contributed by atoms with Gasteiger partial charge in [0, 0.05) is 12.5 Å². The highest BCUT2D eigenvalue weighted by molar-refractivity contribution is 5.91. The van der Waals surface area contributed by atoms with Crippen LogP contribution in [0.5, 0.6) is 0 Å². The molecule has 118 valence electrons. The molecule has 1 saturated heterocycles. The average Bonchev–Trinajstić information content (AvgIpc) is 2.90. The predicted molar refractivity (Wildman–Crippen MR) is 73.2 cm³/mol. The predicted octanol–water partition coefficient (Wildman–Crippen LogP) is -1.05. The minimum Gasteiger partial charge on any atom is -0.480 e. The van der Waals surface area contributed by atoms with Gasteiger partial charge in [-0.1, -0.05) is 13.8 Å². The Bertz CT molecular complexity index is 436. The minimum atomic E-state index is -1.14. The molecule has 0 aromatic carbocycles. The molecule has 0 spiro atoms. The average molecular weight is 299 g/mol. The smallest absolute Gasteiger partial charge is 0.322 e. The summed E-state index contributed by atoms with van der Waals surface area (Å²) in [5, 5.41) is 13.3. The summed E-state index contributed by atoms with van der Waals surface area (Å²) in [7, 11) is 0. The van der Waals surface area contributed by atoms with Crippen LogP contribution in [0, 0.1) is 5.92 Å². The normalized spacial score (nSPS) is 17.7. The molecule has 0 saturated carbocycles. The van der Waals surface area contributed by atoms with Crippen molar-refractivity contribution >= 4 is 23.7 Å². The first-order valence-corrected chi connectivity index (χ1v) is 6.89. The van der Waals surface area contributed by atoms with Gasteiger partial charge in [-0.3, -0.25) is 19.2 Å². The van der Waals surface area contributed by atoms with Crippen LogP contribution in [-0.2, 0) is 19.2 Å². The zero-order valence-electron chi connectivity index (χ0n) is 12.2. The standard InChI is InChI=1S/C13H21N3O5/c1-8(2)12(20)14-6-10(17)16-5-3-4-9(16)13(21)15-7-11(18)19/h8-9H,3-7H2,1-2H3,(H,14,20)(H,15,21)(H,18,19). The number of nitrogens with one attached hydrogen (secondary N) is 2. The van der Waals surface area contributed by atoms with Crippen molar-refractivity contribution in [1.82, 2.24) is 15.5 Å². The lowest BCUT2D eigenvalue weighted by Gasteiger charge is -2.24. The molecule has 0 aromatic rings. The molecule has 1 aliphatic heterocycles. The fourth-order valence-electron chi connectivity index (χ4n) is 2.09. The monoisotopic (exact) mass is 299 g/mol. The highest BCUT2D eigenvalue weighted by Crippen LogP contribution is 2.17. The summed E-state index contributed by atoms with van der Waals surface area (Å²) in [6.07, 6.45) is 1.17. The van der Waals surface area contributed by atoms with Crippen LogP contribution in [0.25, 0.3) is 0 Å². The molecule has 1 atom stereocenters. The van der Waals surface area contributed by atoms with E-state index in [1.807, 2.05) is 0 Å². The van der Waals surface area contributed by atoms with Gasteiger partial charge in [-0.15, -0.1) is 0 Å². The van der Waals surface area contributed by atoms with E-state index in [2.05, 4.69) is 10.6 Å². The molecule has 3 amide bonds. The second-order valence-electron chi connectivity index (χ2n) is 5.23. The van der Waals surface area contributed by atoms with Crippen molar-refractivity contribution in [1.29, 1.82) is 0 Å². The topological polar surface area (TPSA) is 116 Å². The van der Waals surface area contributed by atoms with Crippen molar-refractivity contribution in [2.24, 2.45) is 5.92 Å². The Labute approximate surface area is 122 Å². The summed E-state index contributed by atoms with van der Waals surface area (Å²) in [4.78, 5) is 47.1. The SMILES string of the molecule is CC(C)C(=O)NCC(=O)N1CCCC1C(=O)NCC(=O)O. The second-order valence-corrected chi connectivity index (χ2v) is 5.23. The first kappa shape index (κ1) is 16.9. The van der Waals surface area contributed by atoms with Crippen LogP contribution < -0.4 is 10.6 Å². The van der Waals surface area contributed by atoms with Gasteiger partial charge in [0.25, 0.3) is 0 Å². The number of carbonyl (C=O) groups is 4. The molecule has 1 aliphatic rings. The Balaban J connectivity index is 2.52. The fourth-order valence-corrected chi connectivity index (χ4v) is 2.09. The highest BCUT2D eigenvalue weighted by atomic mass is 16.4. The lowest BCUT2D eigenvalue weighted by molar-refractivity contribution is -0.141. The number of carboxylic acid groups (broad SMARTS) is 1. The van der Waals surface area contributed by atoms with Crippen molar-refractivity contribution in [3.63, 3.8) is 0 Å². The molecule has 1 fully saturated rings. The Morgan fingerprint density at radius 3 is 2.43 bits per heavy atom. The number of carbonyl (C=O) groups excluding carboxylic acids is 3. The minimum absolute atomic E-state index is 0.153. The Hall–Kier alpha value is -2.12. The maximum atomic E-state index is 12.0. The number of aliphatic carboxylic acids is 1. The van der Waals surface area contributed by atoms with Crippen LogP contribution in [0.3, 0.4) is 0 Å². The van der Waals surface area contributed by atoms with Crippen molar-refractivity contribution in [3.8, 4) is 0 Å². The van der Waals surface area contributed by atoms with Crippen LogP contribution >= 0.6 is 0 Å². The molecule has 0 aromatic heterocycles. The third-order valence-corrected chi connectivity index (χ3v) is 3.23. The number of likely N-dealkylation sites (tertiary alicyclic amines) is 1. The van der Waals surface area contributed by atoms with Crippen LogP contribution in [0.15, 0.2) is 0 Å². The number of hydrogen-bond donors (Lipinski definition) is 3. The highest BCUT2D eigenvalue weighted by Gasteiger charge is 2.34. The van der Waals surface area contributed by atoms with Gasteiger partial charge in [0.2, 0.25) is 17.7 Å². The third kappa shape index (κ3) is 5.05. The first-order chi connectivity index (χ1) is 9.82. The molecule has 3 N–H and O–H groups in total. The Morgan fingerprint density at radius 2 is 1.86 bits per heavy atom. The molecule has 8 heteroatoms. The summed E-state index contributed by atoms with van der Waals surface area (Å²) in [6, 6.07) is -0.659. The van der Waals surface area contributed by atoms with Gasteiger partial charge in [0.1, 0.15) is 12.6 Å². The number of nitrogens with zero attached hydrogens (tertiary/aromatic N) is 1.